The molecule has 142 valence electrons. The molecule has 2 saturated heterocycles. The number of piperidine rings is 1. The zero-order valence-electron chi connectivity index (χ0n) is 15.8. The molecule has 1 unspecified atom stereocenters. The van der Waals surface area contributed by atoms with Gasteiger partial charge in [-0.2, -0.15) is 0 Å². The van der Waals surface area contributed by atoms with Crippen LogP contribution in [0.25, 0.3) is 0 Å². The monoisotopic (exact) mass is 377 g/mol. The number of benzene rings is 1. The van der Waals surface area contributed by atoms with Gasteiger partial charge >= 0.3 is 0 Å². The highest BCUT2D eigenvalue weighted by atomic mass is 32.2. The molecule has 1 amide bonds. The zero-order valence-corrected chi connectivity index (χ0v) is 16.7. The molecule has 6 nitrogen and oxygen atoms in total. The third-order valence-corrected chi connectivity index (χ3v) is 7.24. The maximum atomic E-state index is 13.3. The molecule has 0 bridgehead atoms. The number of hydrogen-bond donors (Lipinski definition) is 0. The van der Waals surface area contributed by atoms with E-state index in [4.69, 9.17) is 0 Å². The van der Waals surface area contributed by atoms with Crippen LogP contribution in [0, 0.1) is 0 Å². The Balaban J connectivity index is 2.09. The molecule has 3 rings (SSSR count). The third-order valence-electron chi connectivity index (χ3n) is 4.93. The second-order valence-electron chi connectivity index (χ2n) is 8.12. The van der Waals surface area contributed by atoms with Crippen molar-refractivity contribution in [1.82, 2.24) is 9.21 Å². The van der Waals surface area contributed by atoms with Gasteiger partial charge in [-0.15, -0.1) is 0 Å². The van der Waals surface area contributed by atoms with Gasteiger partial charge in [0.1, 0.15) is 5.71 Å². The molecule has 0 saturated carbocycles. The van der Waals surface area contributed by atoms with Crippen molar-refractivity contribution in [3.8, 4) is 0 Å². The second-order valence-corrected chi connectivity index (χ2v) is 9.99. The molecule has 0 N–H and O–H groups in total. The summed E-state index contributed by atoms with van der Waals surface area (Å²) >= 11 is 0. The van der Waals surface area contributed by atoms with E-state index in [0.29, 0.717) is 5.56 Å². The van der Waals surface area contributed by atoms with Crippen molar-refractivity contribution in [2.24, 2.45) is 4.99 Å². The van der Waals surface area contributed by atoms with Crippen molar-refractivity contribution >= 4 is 21.6 Å². The summed E-state index contributed by atoms with van der Waals surface area (Å²) in [7, 11) is -1.80. The van der Waals surface area contributed by atoms with Gasteiger partial charge < -0.3 is 4.90 Å². The summed E-state index contributed by atoms with van der Waals surface area (Å²) < 4.78 is 27.6. The van der Waals surface area contributed by atoms with Crippen LogP contribution < -0.4 is 0 Å². The number of amides is 1. The molecule has 0 spiro atoms. The van der Waals surface area contributed by atoms with Gasteiger partial charge in [-0.25, -0.2) is 12.7 Å². The number of likely N-dealkylation sites (tertiary alicyclic amines) is 1. The number of carbonyl (C=O) groups excluding carboxylic acids is 1. The van der Waals surface area contributed by atoms with E-state index in [2.05, 4.69) is 16.9 Å². The van der Waals surface area contributed by atoms with E-state index in [1.54, 1.807) is 45.0 Å². The first-order valence-electron chi connectivity index (χ1n) is 9.02. The Labute approximate surface area is 156 Å². The number of aliphatic imine (C=N–C) groups is 1. The Kier molecular flexibility index (Phi) is 4.96. The number of hydrogen-bond acceptors (Lipinski definition) is 5. The first-order valence-corrected chi connectivity index (χ1v) is 10.5. The van der Waals surface area contributed by atoms with Crippen molar-refractivity contribution in [2.75, 3.05) is 20.1 Å². The summed E-state index contributed by atoms with van der Waals surface area (Å²) in [6.45, 7) is 7.03. The van der Waals surface area contributed by atoms with Crippen LogP contribution in [0.3, 0.4) is 0 Å². The molecular weight excluding hydrogens is 350 g/mol. The first kappa shape index (κ1) is 19.0. The van der Waals surface area contributed by atoms with Gasteiger partial charge in [-0.3, -0.25) is 9.79 Å². The molecule has 2 aliphatic heterocycles. The first-order chi connectivity index (χ1) is 12.1. The molecule has 7 heteroatoms. The average molecular weight is 378 g/mol. The number of sulfonamides is 1. The molecule has 1 atom stereocenters. The second kappa shape index (κ2) is 6.78. The van der Waals surface area contributed by atoms with Crippen LogP contribution >= 0.6 is 0 Å². The summed E-state index contributed by atoms with van der Waals surface area (Å²) in [6.07, 6.45) is 1.68. The van der Waals surface area contributed by atoms with Crippen LogP contribution in [0.2, 0.25) is 0 Å². The minimum Gasteiger partial charge on any atom is -0.306 e. The van der Waals surface area contributed by atoms with E-state index >= 15 is 0 Å². The van der Waals surface area contributed by atoms with Crippen LogP contribution in [0.1, 0.15) is 44.4 Å². The summed E-state index contributed by atoms with van der Waals surface area (Å²) in [5.74, 6) is -0.481. The fourth-order valence-corrected chi connectivity index (χ4v) is 5.91. The summed E-state index contributed by atoms with van der Waals surface area (Å²) in [5, 5.41) is -1.02. The molecular formula is C19H27N3O3S. The van der Waals surface area contributed by atoms with Gasteiger partial charge in [-0.1, -0.05) is 30.3 Å². The maximum absolute atomic E-state index is 13.3. The number of rotatable bonds is 2. The van der Waals surface area contributed by atoms with Gasteiger partial charge in [0.15, 0.2) is 5.25 Å². The molecule has 2 heterocycles. The Bertz CT molecular complexity index is 804. The van der Waals surface area contributed by atoms with Crippen molar-refractivity contribution in [1.29, 1.82) is 0 Å². The van der Waals surface area contributed by atoms with Gasteiger partial charge in [0.05, 0.1) is 11.6 Å². The smallest absolute Gasteiger partial charge is 0.283 e. The lowest BCUT2D eigenvalue weighted by Gasteiger charge is -2.30. The molecule has 0 aromatic heterocycles. The van der Waals surface area contributed by atoms with Crippen molar-refractivity contribution in [3.05, 3.63) is 35.9 Å². The Morgan fingerprint density at radius 3 is 2.19 bits per heavy atom. The highest BCUT2D eigenvalue weighted by Gasteiger charge is 2.54. The fourth-order valence-electron chi connectivity index (χ4n) is 3.67. The summed E-state index contributed by atoms with van der Waals surface area (Å²) in [5.41, 5.74) is -0.0625. The molecule has 1 aromatic carbocycles. The van der Waals surface area contributed by atoms with Crippen LogP contribution in [-0.4, -0.2) is 61.0 Å². The average Bonchev–Trinajstić information content (AvgIpc) is 2.75. The highest BCUT2D eigenvalue weighted by molar-refractivity contribution is 7.91. The van der Waals surface area contributed by atoms with E-state index in [9.17, 15) is 13.2 Å². The zero-order chi connectivity index (χ0) is 19.1. The molecule has 26 heavy (non-hydrogen) atoms. The van der Waals surface area contributed by atoms with E-state index in [0.717, 1.165) is 30.2 Å². The normalized spacial score (nSPS) is 26.6. The predicted molar refractivity (Wildman–Crippen MR) is 103 cm³/mol. The van der Waals surface area contributed by atoms with E-state index in [1.165, 1.54) is 0 Å². The minimum atomic E-state index is -3.86. The highest BCUT2D eigenvalue weighted by Crippen LogP contribution is 2.39. The van der Waals surface area contributed by atoms with Crippen molar-refractivity contribution < 1.29 is 13.2 Å². The molecule has 1 aromatic rings. The van der Waals surface area contributed by atoms with Gasteiger partial charge in [-0.05, 0) is 59.3 Å². The van der Waals surface area contributed by atoms with E-state index in [-0.39, 0.29) is 11.8 Å². The quantitative estimate of drug-likeness (QED) is 0.792. The van der Waals surface area contributed by atoms with E-state index in [1.807, 2.05) is 6.07 Å². The van der Waals surface area contributed by atoms with Gasteiger partial charge in [0.2, 0.25) is 0 Å². The third kappa shape index (κ3) is 3.42. The van der Waals surface area contributed by atoms with Gasteiger partial charge in [0.25, 0.3) is 15.9 Å². The lowest BCUT2D eigenvalue weighted by molar-refractivity contribution is -0.122. The number of carbonyl (C=O) groups is 1. The topological polar surface area (TPSA) is 70.1 Å². The molecule has 2 aliphatic rings. The van der Waals surface area contributed by atoms with Crippen molar-refractivity contribution in [2.45, 2.75) is 50.4 Å². The Morgan fingerprint density at radius 1 is 1.08 bits per heavy atom. The Hall–Kier alpha value is -1.73. The summed E-state index contributed by atoms with van der Waals surface area (Å²) in [4.78, 5) is 20.0. The molecule has 0 radical (unpaired) electrons. The standard InChI is InChI=1S/C19H27N3O3S/c1-19(2,3)22-18(23)16(20-15-10-12-21(4)13-11-15)17(26(22,24)25)14-8-6-5-7-9-14/h5-9,15,17H,10-13H2,1-4H3. The SMILES string of the molecule is CN1CCC(N=C2C(=O)N(C(C)(C)C)S(=O)(=O)C2c2ccccc2)CC1. The number of nitrogens with zero attached hydrogens (tertiary/aromatic N) is 3. The fraction of sp³-hybridized carbons (Fsp3) is 0.579. The van der Waals surface area contributed by atoms with E-state index < -0.39 is 26.7 Å². The largest absolute Gasteiger partial charge is 0.306 e. The molecule has 2 fully saturated rings. The maximum Gasteiger partial charge on any atom is 0.283 e. The van der Waals surface area contributed by atoms with Crippen molar-refractivity contribution in [3.63, 3.8) is 0 Å². The minimum absolute atomic E-state index is 0.00789. The van der Waals surface area contributed by atoms with Crippen LogP contribution in [0.5, 0.6) is 0 Å². The van der Waals surface area contributed by atoms with Crippen LogP contribution in [0.15, 0.2) is 35.3 Å². The van der Waals surface area contributed by atoms with Crippen LogP contribution in [-0.2, 0) is 14.8 Å². The van der Waals surface area contributed by atoms with Crippen LogP contribution in [0.4, 0.5) is 0 Å². The lowest BCUT2D eigenvalue weighted by atomic mass is 10.0. The molecule has 0 aliphatic carbocycles. The summed E-state index contributed by atoms with van der Waals surface area (Å²) in [6, 6.07) is 8.93. The lowest BCUT2D eigenvalue weighted by Crippen LogP contribution is -2.45. The van der Waals surface area contributed by atoms with Gasteiger partial charge in [0, 0.05) is 0 Å². The predicted octanol–water partition coefficient (Wildman–Crippen LogP) is 2.23. The Morgan fingerprint density at radius 2 is 1.65 bits per heavy atom.